The Kier molecular flexibility index (Phi) is 10.7. The molecule has 0 bridgehead atoms. The monoisotopic (exact) mass is 658 g/mol. The van der Waals surface area contributed by atoms with Crippen LogP contribution in [-0.2, 0) is 0 Å². The van der Waals surface area contributed by atoms with Gasteiger partial charge >= 0.3 is 0 Å². The van der Waals surface area contributed by atoms with E-state index in [0.717, 1.165) is 40.7 Å². The van der Waals surface area contributed by atoms with Crippen LogP contribution in [0.15, 0.2) is 133 Å². The molecule has 50 heavy (non-hydrogen) atoms. The molecule has 1 atom stereocenters. The summed E-state index contributed by atoms with van der Waals surface area (Å²) in [6.45, 7) is 15.6. The number of benzene rings is 6. The first-order valence-electron chi connectivity index (χ1n) is 18.2. The Morgan fingerprint density at radius 2 is 1.16 bits per heavy atom. The van der Waals surface area contributed by atoms with Crippen LogP contribution in [0.2, 0.25) is 0 Å². The Morgan fingerprint density at radius 3 is 1.84 bits per heavy atom. The predicted molar refractivity (Wildman–Crippen MR) is 215 cm³/mol. The predicted octanol–water partition coefficient (Wildman–Crippen LogP) is 14.6. The number of hydrogen-bond donors (Lipinski definition) is 0. The molecule has 0 spiro atoms. The van der Waals surface area contributed by atoms with Gasteiger partial charge in [0.05, 0.1) is 17.1 Å². The van der Waals surface area contributed by atoms with Crippen LogP contribution in [0.1, 0.15) is 75.1 Å². The van der Waals surface area contributed by atoms with Gasteiger partial charge in [-0.1, -0.05) is 113 Å². The summed E-state index contributed by atoms with van der Waals surface area (Å²) in [5, 5.41) is 0. The number of nitrogens with zero attached hydrogens (tertiary/aromatic N) is 2. The Balaban J connectivity index is 0.00000103. The zero-order valence-electron chi connectivity index (χ0n) is 30.7. The van der Waals surface area contributed by atoms with Gasteiger partial charge in [-0.2, -0.15) is 0 Å². The Morgan fingerprint density at radius 1 is 0.560 bits per heavy atom. The molecule has 0 N–H and O–H groups in total. The lowest BCUT2D eigenvalue weighted by Gasteiger charge is -2.34. The lowest BCUT2D eigenvalue weighted by atomic mass is 9.88. The number of aryl methyl sites for hydroxylation is 3. The van der Waals surface area contributed by atoms with Gasteiger partial charge in [0.2, 0.25) is 0 Å². The fraction of sp³-hybridized carbons (Fsp3) is 0.234. The summed E-state index contributed by atoms with van der Waals surface area (Å²) >= 11 is 0. The molecule has 0 amide bonds. The van der Waals surface area contributed by atoms with Crippen LogP contribution in [-0.4, -0.2) is 0 Å². The first kappa shape index (κ1) is 34.6. The second-order valence-corrected chi connectivity index (χ2v) is 13.4. The molecule has 0 fully saturated rings. The fourth-order valence-corrected chi connectivity index (χ4v) is 6.66. The van der Waals surface area contributed by atoms with Crippen molar-refractivity contribution in [1.29, 1.82) is 0 Å². The molecule has 1 heterocycles. The van der Waals surface area contributed by atoms with Gasteiger partial charge in [0.15, 0.2) is 11.5 Å². The van der Waals surface area contributed by atoms with Crippen LogP contribution in [0, 0.1) is 20.8 Å². The zero-order valence-corrected chi connectivity index (χ0v) is 30.7. The smallest absolute Gasteiger partial charge is 0.151 e. The SMILES string of the molecule is CCC(C)c1cc(C)c(-c2cc3c(cc2C)Oc2ccccc2N3c2ccccc2)cc1N(c1ccccc1)c1ccccc1C.CCCC. The molecule has 6 aromatic rings. The van der Waals surface area contributed by atoms with E-state index >= 15 is 0 Å². The van der Waals surface area contributed by atoms with Crippen molar-refractivity contribution in [2.75, 3.05) is 9.80 Å². The van der Waals surface area contributed by atoms with Gasteiger partial charge in [-0.15, -0.1) is 0 Å². The number of ether oxygens (including phenoxy) is 1. The van der Waals surface area contributed by atoms with Gasteiger partial charge in [0.25, 0.3) is 0 Å². The van der Waals surface area contributed by atoms with Crippen LogP contribution >= 0.6 is 0 Å². The van der Waals surface area contributed by atoms with Gasteiger partial charge < -0.3 is 14.5 Å². The first-order chi connectivity index (χ1) is 24.4. The molecule has 6 aromatic carbocycles. The summed E-state index contributed by atoms with van der Waals surface area (Å²) in [4.78, 5) is 4.77. The molecule has 1 aliphatic heterocycles. The number of para-hydroxylation sites is 5. The molecule has 0 saturated heterocycles. The normalized spacial score (nSPS) is 12.2. The minimum absolute atomic E-state index is 0.390. The lowest BCUT2D eigenvalue weighted by molar-refractivity contribution is 0.476. The van der Waals surface area contributed by atoms with Crippen molar-refractivity contribution in [3.05, 3.63) is 156 Å². The van der Waals surface area contributed by atoms with E-state index in [4.69, 9.17) is 4.74 Å². The second kappa shape index (κ2) is 15.5. The van der Waals surface area contributed by atoms with Crippen molar-refractivity contribution in [2.45, 2.75) is 73.6 Å². The summed E-state index contributed by atoms with van der Waals surface area (Å²) in [7, 11) is 0. The highest BCUT2D eigenvalue weighted by molar-refractivity contribution is 5.91. The summed E-state index contributed by atoms with van der Waals surface area (Å²) in [6, 6.07) is 47.7. The highest BCUT2D eigenvalue weighted by atomic mass is 16.5. The number of fused-ring (bicyclic) bond motifs is 2. The third-order valence-corrected chi connectivity index (χ3v) is 9.81. The number of anilines is 6. The topological polar surface area (TPSA) is 15.7 Å². The molecule has 3 heteroatoms. The van der Waals surface area contributed by atoms with E-state index in [1.165, 1.54) is 57.6 Å². The standard InChI is InChI=1S/C43H40N2O.C4H10/c1-6-29(2)37-25-31(4)35(27-40(37)44(33-18-9-7-10-19-33)38-22-14-13-17-30(38)3)36-28-41-43(26-32(36)5)46-42-24-16-15-23-39(42)45(41)34-20-11-8-12-21-34;1-3-4-2/h7-29H,6H2,1-5H3;3-4H2,1-2H3. The van der Waals surface area contributed by atoms with Crippen LogP contribution in [0.25, 0.3) is 11.1 Å². The van der Waals surface area contributed by atoms with Crippen LogP contribution in [0.5, 0.6) is 11.5 Å². The molecular formula is C47H50N2O. The molecule has 0 saturated carbocycles. The maximum Gasteiger partial charge on any atom is 0.151 e. The Hall–Kier alpha value is -5.28. The third kappa shape index (κ3) is 6.91. The average Bonchev–Trinajstić information content (AvgIpc) is 3.15. The third-order valence-electron chi connectivity index (χ3n) is 9.81. The first-order valence-corrected chi connectivity index (χ1v) is 18.2. The van der Waals surface area contributed by atoms with Crippen molar-refractivity contribution in [3.63, 3.8) is 0 Å². The van der Waals surface area contributed by atoms with E-state index in [0.29, 0.717) is 5.92 Å². The highest BCUT2D eigenvalue weighted by Crippen LogP contribution is 2.53. The van der Waals surface area contributed by atoms with E-state index in [2.05, 4.69) is 180 Å². The van der Waals surface area contributed by atoms with Crippen LogP contribution in [0.3, 0.4) is 0 Å². The zero-order chi connectivity index (χ0) is 35.2. The summed E-state index contributed by atoms with van der Waals surface area (Å²) in [6.07, 6.45) is 3.70. The van der Waals surface area contributed by atoms with E-state index in [9.17, 15) is 0 Å². The van der Waals surface area contributed by atoms with Gasteiger partial charge in [-0.05, 0) is 127 Å². The fourth-order valence-electron chi connectivity index (χ4n) is 6.66. The molecule has 7 rings (SSSR count). The van der Waals surface area contributed by atoms with Gasteiger partial charge in [0, 0.05) is 17.1 Å². The molecule has 0 aromatic heterocycles. The molecule has 3 nitrogen and oxygen atoms in total. The average molecular weight is 659 g/mol. The maximum absolute atomic E-state index is 6.54. The molecule has 0 aliphatic carbocycles. The maximum atomic E-state index is 6.54. The number of rotatable bonds is 8. The van der Waals surface area contributed by atoms with Gasteiger partial charge in [-0.25, -0.2) is 0 Å². The summed E-state index contributed by atoms with van der Waals surface area (Å²) in [5.41, 5.74) is 14.2. The quantitative estimate of drug-likeness (QED) is 0.162. The van der Waals surface area contributed by atoms with Crippen molar-refractivity contribution in [2.24, 2.45) is 0 Å². The van der Waals surface area contributed by atoms with E-state index < -0.39 is 0 Å². The van der Waals surface area contributed by atoms with Crippen molar-refractivity contribution in [1.82, 2.24) is 0 Å². The van der Waals surface area contributed by atoms with Crippen LogP contribution < -0.4 is 14.5 Å². The second-order valence-electron chi connectivity index (χ2n) is 13.4. The molecular weight excluding hydrogens is 609 g/mol. The summed E-state index contributed by atoms with van der Waals surface area (Å²) < 4.78 is 6.54. The largest absolute Gasteiger partial charge is 0.453 e. The summed E-state index contributed by atoms with van der Waals surface area (Å²) in [5.74, 6) is 2.11. The van der Waals surface area contributed by atoms with Crippen LogP contribution in [0.4, 0.5) is 34.1 Å². The minimum atomic E-state index is 0.390. The van der Waals surface area contributed by atoms with Gasteiger partial charge in [-0.3, -0.25) is 0 Å². The molecule has 0 radical (unpaired) electrons. The molecule has 1 unspecified atom stereocenters. The minimum Gasteiger partial charge on any atom is -0.453 e. The highest BCUT2D eigenvalue weighted by Gasteiger charge is 2.28. The molecule has 1 aliphatic rings. The number of hydrogen-bond acceptors (Lipinski definition) is 3. The van der Waals surface area contributed by atoms with Crippen molar-refractivity contribution >= 4 is 34.1 Å². The van der Waals surface area contributed by atoms with E-state index in [-0.39, 0.29) is 0 Å². The van der Waals surface area contributed by atoms with Gasteiger partial charge in [0.1, 0.15) is 0 Å². The molecule has 254 valence electrons. The Bertz CT molecular complexity index is 2050. The van der Waals surface area contributed by atoms with Crippen molar-refractivity contribution < 1.29 is 4.74 Å². The van der Waals surface area contributed by atoms with Crippen molar-refractivity contribution in [3.8, 4) is 22.6 Å². The number of unbranched alkanes of at least 4 members (excludes halogenated alkanes) is 1. The van der Waals surface area contributed by atoms with E-state index in [1.807, 2.05) is 12.1 Å². The van der Waals surface area contributed by atoms with E-state index in [1.54, 1.807) is 0 Å². The Labute approximate surface area is 299 Å². The lowest BCUT2D eigenvalue weighted by Crippen LogP contribution is -2.16.